The second-order valence-electron chi connectivity index (χ2n) is 10.00. The van der Waals surface area contributed by atoms with Crippen molar-refractivity contribution < 1.29 is 4.74 Å². The van der Waals surface area contributed by atoms with Crippen molar-refractivity contribution in [3.8, 4) is 0 Å². The van der Waals surface area contributed by atoms with Gasteiger partial charge in [-0.05, 0) is 45.7 Å². The maximum atomic E-state index is 6.70. The smallest absolute Gasteiger partial charge is 0.227 e. The predicted molar refractivity (Wildman–Crippen MR) is 137 cm³/mol. The quantitative estimate of drug-likeness (QED) is 0.548. The second kappa shape index (κ2) is 9.32. The van der Waals surface area contributed by atoms with Gasteiger partial charge < -0.3 is 15.0 Å². The van der Waals surface area contributed by atoms with Crippen molar-refractivity contribution in [2.24, 2.45) is 0 Å². The molecule has 4 heterocycles. The maximum Gasteiger partial charge on any atom is 0.227 e. The predicted octanol–water partition coefficient (Wildman–Crippen LogP) is 4.63. The van der Waals surface area contributed by atoms with Gasteiger partial charge in [-0.15, -0.1) is 0 Å². The van der Waals surface area contributed by atoms with Gasteiger partial charge in [0.15, 0.2) is 0 Å². The molecule has 9 heteroatoms. The normalized spacial score (nSPS) is 20.9. The van der Waals surface area contributed by atoms with Crippen LogP contribution in [0.4, 0.5) is 17.3 Å². The number of fused-ring (bicyclic) bond motifs is 1. The zero-order valence-electron chi connectivity index (χ0n) is 20.5. The highest BCUT2D eigenvalue weighted by Crippen LogP contribution is 2.33. The van der Waals surface area contributed by atoms with Gasteiger partial charge in [-0.1, -0.05) is 18.5 Å². The van der Waals surface area contributed by atoms with E-state index in [1.54, 1.807) is 0 Å². The van der Waals surface area contributed by atoms with Crippen molar-refractivity contribution in [2.45, 2.75) is 58.7 Å². The van der Waals surface area contributed by atoms with Crippen LogP contribution in [-0.2, 0) is 11.3 Å². The summed E-state index contributed by atoms with van der Waals surface area (Å²) in [6, 6.07) is 4.57. The van der Waals surface area contributed by atoms with Crippen LogP contribution in [0.2, 0.25) is 5.02 Å². The number of nitrogens with zero attached hydrogens (tertiary/aromatic N) is 6. The van der Waals surface area contributed by atoms with Gasteiger partial charge in [-0.25, -0.2) is 9.97 Å². The summed E-state index contributed by atoms with van der Waals surface area (Å²) in [5.41, 5.74) is 3.91. The van der Waals surface area contributed by atoms with Crippen LogP contribution in [0, 0.1) is 6.92 Å². The summed E-state index contributed by atoms with van der Waals surface area (Å²) in [5.74, 6) is 0.564. The van der Waals surface area contributed by atoms with Gasteiger partial charge in [0.05, 0.1) is 46.0 Å². The average Bonchev–Trinajstić information content (AvgIpc) is 3.36. The molecule has 3 aromatic rings. The summed E-state index contributed by atoms with van der Waals surface area (Å²) in [7, 11) is 0. The number of halogens is 1. The number of aryl methyl sites for hydroxylation is 1. The number of ether oxygens (including phenoxy) is 1. The Morgan fingerprint density at radius 3 is 2.68 bits per heavy atom. The Morgan fingerprint density at radius 1 is 1.18 bits per heavy atom. The van der Waals surface area contributed by atoms with Crippen LogP contribution in [0.1, 0.15) is 39.3 Å². The molecule has 2 aliphatic rings. The fourth-order valence-corrected chi connectivity index (χ4v) is 5.33. The SMILES string of the molecule is CCCn1ncc(Nc2ncc3cc(Cl)c(N4CCN(C5COC(C)(C)C5)CC4)cc3n2)c1C. The highest BCUT2D eigenvalue weighted by atomic mass is 35.5. The minimum absolute atomic E-state index is 0.0118. The van der Waals surface area contributed by atoms with E-state index >= 15 is 0 Å². The molecule has 0 radical (unpaired) electrons. The van der Waals surface area contributed by atoms with E-state index in [0.717, 1.165) is 85.2 Å². The van der Waals surface area contributed by atoms with Crippen molar-refractivity contribution in [1.29, 1.82) is 0 Å². The number of anilines is 3. The summed E-state index contributed by atoms with van der Waals surface area (Å²) < 4.78 is 7.96. The molecular weight excluding hydrogens is 450 g/mol. The molecule has 2 aromatic heterocycles. The Labute approximate surface area is 206 Å². The first kappa shape index (κ1) is 23.3. The number of benzene rings is 1. The Bertz CT molecular complexity index is 1170. The number of hydrogen-bond acceptors (Lipinski definition) is 7. The molecule has 0 aliphatic carbocycles. The summed E-state index contributed by atoms with van der Waals surface area (Å²) >= 11 is 6.70. The van der Waals surface area contributed by atoms with Gasteiger partial charge in [-0.3, -0.25) is 9.58 Å². The van der Waals surface area contributed by atoms with E-state index in [0.29, 0.717) is 12.0 Å². The first-order valence-corrected chi connectivity index (χ1v) is 12.6. The third kappa shape index (κ3) is 4.72. The van der Waals surface area contributed by atoms with E-state index in [2.05, 4.69) is 59.0 Å². The lowest BCUT2D eigenvalue weighted by atomic mass is 10.0. The molecule has 1 aromatic carbocycles. The number of rotatable bonds is 6. The van der Waals surface area contributed by atoms with E-state index in [1.165, 1.54) is 0 Å². The highest BCUT2D eigenvalue weighted by molar-refractivity contribution is 6.34. The lowest BCUT2D eigenvalue weighted by Crippen LogP contribution is -2.51. The van der Waals surface area contributed by atoms with Crippen molar-refractivity contribution in [1.82, 2.24) is 24.6 Å². The minimum atomic E-state index is -0.0118. The molecule has 1 atom stereocenters. The fourth-order valence-electron chi connectivity index (χ4n) is 5.04. The molecule has 1 unspecified atom stereocenters. The zero-order valence-corrected chi connectivity index (χ0v) is 21.3. The van der Waals surface area contributed by atoms with Crippen molar-refractivity contribution in [2.75, 3.05) is 43.0 Å². The summed E-state index contributed by atoms with van der Waals surface area (Å²) in [6.07, 6.45) is 5.79. The maximum absolute atomic E-state index is 6.70. The largest absolute Gasteiger partial charge is 0.374 e. The van der Waals surface area contributed by atoms with Crippen LogP contribution in [0.25, 0.3) is 10.9 Å². The standard InChI is InChI=1S/C25H34ClN7O/c1-5-6-33-17(2)22(15-28-33)30-24-27-14-18-11-20(26)23(12-21(18)29-24)32-9-7-31(8-10-32)19-13-25(3,4)34-16-19/h11-12,14-15,19H,5-10,13,16H2,1-4H3,(H,27,29,30). The van der Waals surface area contributed by atoms with Crippen molar-refractivity contribution in [3.05, 3.63) is 35.2 Å². The topological polar surface area (TPSA) is 71.3 Å². The Balaban J connectivity index is 1.31. The third-order valence-electron chi connectivity index (χ3n) is 7.00. The molecule has 34 heavy (non-hydrogen) atoms. The molecule has 2 fully saturated rings. The van der Waals surface area contributed by atoms with Gasteiger partial charge in [0.25, 0.3) is 0 Å². The Hall–Kier alpha value is -2.42. The molecule has 2 aliphatic heterocycles. The summed E-state index contributed by atoms with van der Waals surface area (Å²) in [4.78, 5) is 14.2. The van der Waals surface area contributed by atoms with E-state index in [4.69, 9.17) is 21.3 Å². The number of hydrogen-bond donors (Lipinski definition) is 1. The van der Waals surface area contributed by atoms with Gasteiger partial charge in [0, 0.05) is 50.3 Å². The Kier molecular flexibility index (Phi) is 6.39. The lowest BCUT2D eigenvalue weighted by Gasteiger charge is -2.39. The van der Waals surface area contributed by atoms with Gasteiger partial charge in [0.1, 0.15) is 0 Å². The molecule has 1 N–H and O–H groups in total. The lowest BCUT2D eigenvalue weighted by molar-refractivity contribution is 0.0326. The Morgan fingerprint density at radius 2 is 1.97 bits per heavy atom. The highest BCUT2D eigenvalue weighted by Gasteiger charge is 2.36. The first-order valence-electron chi connectivity index (χ1n) is 12.2. The molecule has 8 nitrogen and oxygen atoms in total. The van der Waals surface area contributed by atoms with E-state index in [1.807, 2.05) is 23.1 Å². The summed E-state index contributed by atoms with van der Waals surface area (Å²) in [5, 5.41) is 9.46. The molecule has 0 spiro atoms. The minimum Gasteiger partial charge on any atom is -0.374 e. The molecule has 5 rings (SSSR count). The number of aromatic nitrogens is 4. The molecule has 0 bridgehead atoms. The molecule has 2 saturated heterocycles. The van der Waals surface area contributed by atoms with E-state index < -0.39 is 0 Å². The first-order chi connectivity index (χ1) is 16.3. The van der Waals surface area contributed by atoms with Gasteiger partial charge in [0.2, 0.25) is 5.95 Å². The molecule has 0 saturated carbocycles. The van der Waals surface area contributed by atoms with Crippen LogP contribution >= 0.6 is 11.6 Å². The summed E-state index contributed by atoms with van der Waals surface area (Å²) in [6.45, 7) is 14.2. The van der Waals surface area contributed by atoms with Crippen LogP contribution in [-0.4, -0.2) is 69.1 Å². The van der Waals surface area contributed by atoms with E-state index in [9.17, 15) is 0 Å². The van der Waals surface area contributed by atoms with Crippen molar-refractivity contribution in [3.63, 3.8) is 0 Å². The van der Waals surface area contributed by atoms with Crippen LogP contribution in [0.5, 0.6) is 0 Å². The van der Waals surface area contributed by atoms with Crippen molar-refractivity contribution >= 4 is 39.8 Å². The molecular formula is C25H34ClN7O. The fraction of sp³-hybridized carbons (Fsp3) is 0.560. The van der Waals surface area contributed by atoms with Gasteiger partial charge >= 0.3 is 0 Å². The van der Waals surface area contributed by atoms with Crippen LogP contribution < -0.4 is 10.2 Å². The second-order valence-corrected chi connectivity index (χ2v) is 10.4. The monoisotopic (exact) mass is 483 g/mol. The molecule has 0 amide bonds. The van der Waals surface area contributed by atoms with Gasteiger partial charge in [-0.2, -0.15) is 5.10 Å². The van der Waals surface area contributed by atoms with Crippen LogP contribution in [0.15, 0.2) is 24.5 Å². The van der Waals surface area contributed by atoms with Crippen LogP contribution in [0.3, 0.4) is 0 Å². The molecule has 182 valence electrons. The average molecular weight is 484 g/mol. The third-order valence-corrected chi connectivity index (χ3v) is 7.30. The van der Waals surface area contributed by atoms with E-state index in [-0.39, 0.29) is 5.60 Å². The number of nitrogens with one attached hydrogen (secondary N) is 1. The number of piperazine rings is 1. The zero-order chi connectivity index (χ0) is 23.9.